The minimum atomic E-state index is -4.93. The van der Waals surface area contributed by atoms with Gasteiger partial charge in [-0.15, -0.1) is 0 Å². The molecule has 0 atom stereocenters. The lowest BCUT2D eigenvalue weighted by Crippen LogP contribution is -2.37. The molecular weight excluding hydrogens is 470 g/mol. The van der Waals surface area contributed by atoms with Crippen LogP contribution in [0.25, 0.3) is 0 Å². The molecule has 11 heteroatoms. The number of amides is 4. The molecule has 7 nitrogen and oxygen atoms in total. The van der Waals surface area contributed by atoms with Crippen molar-refractivity contribution in [2.45, 2.75) is 6.18 Å². The highest BCUT2D eigenvalue weighted by Gasteiger charge is 2.37. The van der Waals surface area contributed by atoms with Gasteiger partial charge in [0, 0.05) is 5.69 Å². The molecule has 35 heavy (non-hydrogen) atoms. The highest BCUT2D eigenvalue weighted by molar-refractivity contribution is 6.22. The van der Waals surface area contributed by atoms with Gasteiger partial charge in [0.05, 0.1) is 27.9 Å². The molecule has 0 aromatic heterocycles. The molecular formula is C24H15F4N3O4. The van der Waals surface area contributed by atoms with Crippen molar-refractivity contribution in [2.75, 3.05) is 17.2 Å². The number of hydrogen-bond donors (Lipinski definition) is 2. The molecule has 0 aliphatic carbocycles. The Hall–Kier alpha value is -4.54. The molecule has 4 rings (SSSR count). The molecule has 3 aromatic rings. The first-order chi connectivity index (χ1) is 16.6. The van der Waals surface area contributed by atoms with Gasteiger partial charge in [0.15, 0.2) is 0 Å². The number of alkyl halides is 3. The van der Waals surface area contributed by atoms with E-state index in [4.69, 9.17) is 0 Å². The summed E-state index contributed by atoms with van der Waals surface area (Å²) in [7, 11) is 0. The zero-order valence-corrected chi connectivity index (χ0v) is 17.7. The van der Waals surface area contributed by atoms with Gasteiger partial charge in [0.2, 0.25) is 5.91 Å². The first kappa shape index (κ1) is 23.6. The first-order valence-corrected chi connectivity index (χ1v) is 10.1. The Bertz CT molecular complexity index is 1340. The van der Waals surface area contributed by atoms with E-state index in [0.717, 1.165) is 18.2 Å². The van der Waals surface area contributed by atoms with Crippen LogP contribution in [0.2, 0.25) is 0 Å². The van der Waals surface area contributed by atoms with Crippen LogP contribution in [0.15, 0.2) is 66.7 Å². The van der Waals surface area contributed by atoms with E-state index < -0.39 is 53.4 Å². The molecule has 0 radical (unpaired) electrons. The van der Waals surface area contributed by atoms with Crippen LogP contribution in [0, 0.1) is 5.82 Å². The second-order valence-corrected chi connectivity index (χ2v) is 7.48. The van der Waals surface area contributed by atoms with E-state index in [-0.39, 0.29) is 22.4 Å². The summed E-state index contributed by atoms with van der Waals surface area (Å²) in [5.74, 6) is -4.31. The van der Waals surface area contributed by atoms with E-state index in [0.29, 0.717) is 11.0 Å². The third kappa shape index (κ3) is 4.74. The van der Waals surface area contributed by atoms with E-state index >= 15 is 0 Å². The Morgan fingerprint density at radius 2 is 1.43 bits per heavy atom. The summed E-state index contributed by atoms with van der Waals surface area (Å²) in [5.41, 5.74) is -2.40. The van der Waals surface area contributed by atoms with E-state index in [1.165, 1.54) is 42.5 Å². The average Bonchev–Trinajstić information content (AvgIpc) is 3.04. The van der Waals surface area contributed by atoms with Crippen molar-refractivity contribution in [3.63, 3.8) is 0 Å². The number of rotatable bonds is 5. The highest BCUT2D eigenvalue weighted by atomic mass is 19.4. The smallest absolute Gasteiger partial charge is 0.324 e. The summed E-state index contributed by atoms with van der Waals surface area (Å²) in [6, 6.07) is 13.4. The monoisotopic (exact) mass is 485 g/mol. The number of nitrogens with zero attached hydrogens (tertiary/aromatic N) is 1. The SMILES string of the molecule is O=C(CN1C(=O)c2ccccc2C1=O)Nc1ccc(NC(=O)c2ccccc2F)cc1C(F)(F)F. The van der Waals surface area contributed by atoms with E-state index in [1.807, 2.05) is 0 Å². The fraction of sp³-hybridized carbons (Fsp3) is 0.0833. The lowest BCUT2D eigenvalue weighted by Gasteiger charge is -2.18. The zero-order chi connectivity index (χ0) is 25.3. The molecule has 1 heterocycles. The summed E-state index contributed by atoms with van der Waals surface area (Å²) in [6.45, 7) is -0.796. The third-order valence-electron chi connectivity index (χ3n) is 5.16. The predicted molar refractivity (Wildman–Crippen MR) is 116 cm³/mol. The molecule has 0 spiro atoms. The number of carbonyl (C=O) groups excluding carboxylic acids is 4. The van der Waals surface area contributed by atoms with E-state index in [2.05, 4.69) is 10.6 Å². The van der Waals surface area contributed by atoms with Crippen LogP contribution in [0.1, 0.15) is 36.6 Å². The van der Waals surface area contributed by atoms with Gasteiger partial charge >= 0.3 is 6.18 Å². The summed E-state index contributed by atoms with van der Waals surface area (Å²) in [4.78, 5) is 50.1. The van der Waals surface area contributed by atoms with Crippen molar-refractivity contribution >= 4 is 35.0 Å². The van der Waals surface area contributed by atoms with Gasteiger partial charge in [-0.2, -0.15) is 13.2 Å². The van der Waals surface area contributed by atoms with Gasteiger partial charge in [0.1, 0.15) is 12.4 Å². The third-order valence-corrected chi connectivity index (χ3v) is 5.16. The fourth-order valence-corrected chi connectivity index (χ4v) is 3.53. The van der Waals surface area contributed by atoms with Crippen molar-refractivity contribution in [1.29, 1.82) is 0 Å². The summed E-state index contributed by atoms with van der Waals surface area (Å²) in [5, 5.41) is 4.24. The minimum Gasteiger partial charge on any atom is -0.324 e. The van der Waals surface area contributed by atoms with Gasteiger partial charge in [0.25, 0.3) is 17.7 Å². The van der Waals surface area contributed by atoms with Gasteiger partial charge in [-0.05, 0) is 42.5 Å². The van der Waals surface area contributed by atoms with E-state index in [1.54, 1.807) is 0 Å². The van der Waals surface area contributed by atoms with Gasteiger partial charge in [-0.3, -0.25) is 24.1 Å². The topological polar surface area (TPSA) is 95.6 Å². The maximum absolute atomic E-state index is 13.8. The summed E-state index contributed by atoms with van der Waals surface area (Å²) >= 11 is 0. The Morgan fingerprint density at radius 3 is 2.03 bits per heavy atom. The average molecular weight is 485 g/mol. The lowest BCUT2D eigenvalue weighted by molar-refractivity contribution is -0.137. The number of hydrogen-bond acceptors (Lipinski definition) is 4. The van der Waals surface area contributed by atoms with Crippen LogP contribution in [-0.2, 0) is 11.0 Å². The van der Waals surface area contributed by atoms with Crippen LogP contribution in [-0.4, -0.2) is 35.1 Å². The number of carbonyl (C=O) groups is 4. The number of anilines is 2. The molecule has 4 amide bonds. The van der Waals surface area contributed by atoms with Gasteiger partial charge in [-0.1, -0.05) is 24.3 Å². The molecule has 1 aliphatic heterocycles. The molecule has 0 saturated heterocycles. The van der Waals surface area contributed by atoms with Crippen LogP contribution in [0.4, 0.5) is 28.9 Å². The zero-order valence-electron chi connectivity index (χ0n) is 17.7. The van der Waals surface area contributed by atoms with Gasteiger partial charge < -0.3 is 10.6 Å². The molecule has 0 bridgehead atoms. The van der Waals surface area contributed by atoms with Crippen molar-refractivity contribution in [2.24, 2.45) is 0 Å². The largest absolute Gasteiger partial charge is 0.418 e. The predicted octanol–water partition coefficient (Wildman–Crippen LogP) is 4.33. The van der Waals surface area contributed by atoms with Crippen molar-refractivity contribution < 1.29 is 36.7 Å². The molecule has 0 unspecified atom stereocenters. The number of halogens is 4. The summed E-state index contributed by atoms with van der Waals surface area (Å²) in [6.07, 6.45) is -4.93. The number of nitrogens with one attached hydrogen (secondary N) is 2. The molecule has 1 aliphatic rings. The van der Waals surface area contributed by atoms with E-state index in [9.17, 15) is 36.7 Å². The molecule has 3 aromatic carbocycles. The van der Waals surface area contributed by atoms with Gasteiger partial charge in [-0.25, -0.2) is 4.39 Å². The maximum Gasteiger partial charge on any atom is 0.418 e. The first-order valence-electron chi connectivity index (χ1n) is 10.1. The molecule has 178 valence electrons. The number of imide groups is 1. The standard InChI is InChI=1S/C24H15F4N3O4/c25-18-8-4-3-7-16(18)21(33)29-13-9-10-19(17(11-13)24(26,27)28)30-20(32)12-31-22(34)14-5-1-2-6-15(14)23(31)35/h1-11H,12H2,(H,29,33)(H,30,32). The van der Waals surface area contributed by atoms with Crippen molar-refractivity contribution in [3.8, 4) is 0 Å². The number of fused-ring (bicyclic) bond motifs is 1. The number of benzene rings is 3. The second kappa shape index (κ2) is 9.01. The van der Waals surface area contributed by atoms with Crippen LogP contribution in [0.3, 0.4) is 0 Å². The minimum absolute atomic E-state index is 0.0937. The van der Waals surface area contributed by atoms with Crippen LogP contribution < -0.4 is 10.6 Å². The van der Waals surface area contributed by atoms with Crippen molar-refractivity contribution in [3.05, 3.63) is 94.8 Å². The molecule has 0 fully saturated rings. The van der Waals surface area contributed by atoms with Crippen molar-refractivity contribution in [1.82, 2.24) is 4.90 Å². The Morgan fingerprint density at radius 1 is 0.829 bits per heavy atom. The van der Waals surface area contributed by atoms with Crippen LogP contribution >= 0.6 is 0 Å². The fourth-order valence-electron chi connectivity index (χ4n) is 3.53. The Balaban J connectivity index is 1.52. The highest BCUT2D eigenvalue weighted by Crippen LogP contribution is 2.37. The van der Waals surface area contributed by atoms with Crippen LogP contribution in [0.5, 0.6) is 0 Å². The normalized spacial score (nSPS) is 13.0. The summed E-state index contributed by atoms with van der Waals surface area (Å²) < 4.78 is 54.8. The maximum atomic E-state index is 13.8. The molecule has 2 N–H and O–H groups in total. The Labute approximate surface area is 195 Å². The quantitative estimate of drug-likeness (QED) is 0.416. The Kier molecular flexibility index (Phi) is 6.08. The molecule has 0 saturated carbocycles. The lowest BCUT2D eigenvalue weighted by atomic mass is 10.1. The second-order valence-electron chi connectivity index (χ2n) is 7.48.